The molecule has 2 aromatic heterocycles. The second-order valence-corrected chi connectivity index (χ2v) is 4.24. The molecule has 0 amide bonds. The summed E-state index contributed by atoms with van der Waals surface area (Å²) < 4.78 is 1.09. The van der Waals surface area contributed by atoms with Gasteiger partial charge in [-0.3, -0.25) is 14.3 Å². The maximum Gasteiger partial charge on any atom is 0.330 e. The molecule has 0 atom stereocenters. The van der Waals surface area contributed by atoms with Gasteiger partial charge >= 0.3 is 5.69 Å². The molecule has 0 unspecified atom stereocenters. The molecule has 7 heteroatoms. The van der Waals surface area contributed by atoms with Crippen LogP contribution in [0.1, 0.15) is 13.8 Å². The van der Waals surface area contributed by atoms with Crippen molar-refractivity contribution in [1.82, 2.24) is 19.5 Å². The number of rotatable bonds is 2. The van der Waals surface area contributed by atoms with Gasteiger partial charge in [0.2, 0.25) is 5.28 Å². The zero-order chi connectivity index (χ0) is 12.6. The van der Waals surface area contributed by atoms with Crippen LogP contribution in [-0.4, -0.2) is 19.5 Å². The quantitative estimate of drug-likeness (QED) is 0.620. The van der Waals surface area contributed by atoms with Gasteiger partial charge in [0.15, 0.2) is 11.2 Å². The minimum absolute atomic E-state index is 0.0766. The number of imidazole rings is 1. The van der Waals surface area contributed by atoms with Gasteiger partial charge in [-0.25, -0.2) is 4.79 Å². The van der Waals surface area contributed by atoms with E-state index < -0.39 is 11.2 Å². The SMILES string of the molecule is CC(C)=CCn1c(=O)[nH]c2nc(Cl)[nH]c2c1=O. The average Bonchev–Trinajstić information content (AvgIpc) is 2.58. The minimum Gasteiger partial charge on any atom is -0.323 e. The highest BCUT2D eigenvalue weighted by Gasteiger charge is 2.10. The first-order chi connectivity index (χ1) is 7.99. The van der Waals surface area contributed by atoms with E-state index in [9.17, 15) is 9.59 Å². The van der Waals surface area contributed by atoms with Crippen LogP contribution in [0.2, 0.25) is 5.28 Å². The summed E-state index contributed by atoms with van der Waals surface area (Å²) >= 11 is 5.64. The highest BCUT2D eigenvalue weighted by molar-refractivity contribution is 6.28. The summed E-state index contributed by atoms with van der Waals surface area (Å²) in [7, 11) is 0. The molecule has 0 radical (unpaired) electrons. The van der Waals surface area contributed by atoms with Gasteiger partial charge in [0.25, 0.3) is 5.56 Å². The lowest BCUT2D eigenvalue weighted by Gasteiger charge is -2.00. The fraction of sp³-hybridized carbons (Fsp3) is 0.300. The van der Waals surface area contributed by atoms with Crippen LogP contribution in [-0.2, 0) is 6.54 Å². The molecule has 2 heterocycles. The third kappa shape index (κ3) is 2.16. The number of halogens is 1. The van der Waals surface area contributed by atoms with Gasteiger partial charge in [0, 0.05) is 6.54 Å². The molecule has 2 N–H and O–H groups in total. The maximum absolute atomic E-state index is 12.0. The molecule has 0 aliphatic carbocycles. The van der Waals surface area contributed by atoms with Crippen molar-refractivity contribution < 1.29 is 0 Å². The molecule has 2 rings (SSSR count). The van der Waals surface area contributed by atoms with Crippen molar-refractivity contribution in [3.8, 4) is 0 Å². The molecule has 0 aliphatic heterocycles. The summed E-state index contributed by atoms with van der Waals surface area (Å²) in [5.74, 6) is 0. The number of H-pyrrole nitrogens is 2. The zero-order valence-corrected chi connectivity index (χ0v) is 10.1. The molecule has 0 aliphatic rings. The van der Waals surface area contributed by atoms with E-state index in [0.29, 0.717) is 0 Å². The molecular weight excluding hydrogens is 244 g/mol. The van der Waals surface area contributed by atoms with E-state index in [1.807, 2.05) is 13.8 Å². The Labute approximate surface area is 101 Å². The summed E-state index contributed by atoms with van der Waals surface area (Å²) in [6.45, 7) is 4.01. The molecule has 90 valence electrons. The van der Waals surface area contributed by atoms with E-state index >= 15 is 0 Å². The lowest BCUT2D eigenvalue weighted by molar-refractivity contribution is 0.722. The smallest absolute Gasteiger partial charge is 0.323 e. The van der Waals surface area contributed by atoms with Crippen molar-refractivity contribution in [2.45, 2.75) is 20.4 Å². The predicted molar refractivity (Wildman–Crippen MR) is 65.4 cm³/mol. The molecule has 0 fully saturated rings. The third-order valence-electron chi connectivity index (χ3n) is 2.29. The molecule has 0 spiro atoms. The number of aromatic nitrogens is 4. The maximum atomic E-state index is 12.0. The number of nitrogens with zero attached hydrogens (tertiary/aromatic N) is 2. The van der Waals surface area contributed by atoms with E-state index in [2.05, 4.69) is 15.0 Å². The van der Waals surface area contributed by atoms with Crippen molar-refractivity contribution in [1.29, 1.82) is 0 Å². The first-order valence-corrected chi connectivity index (χ1v) is 5.38. The van der Waals surface area contributed by atoms with Gasteiger partial charge in [-0.2, -0.15) is 4.98 Å². The molecular formula is C10H11ClN4O2. The molecule has 0 saturated heterocycles. The molecule has 2 aromatic rings. The summed E-state index contributed by atoms with van der Waals surface area (Å²) in [5.41, 5.74) is 0.484. The van der Waals surface area contributed by atoms with E-state index in [1.165, 1.54) is 0 Å². The Morgan fingerprint density at radius 2 is 2.12 bits per heavy atom. The molecule has 6 nitrogen and oxygen atoms in total. The minimum atomic E-state index is -0.497. The highest BCUT2D eigenvalue weighted by Crippen LogP contribution is 2.06. The topological polar surface area (TPSA) is 83.5 Å². The monoisotopic (exact) mass is 254 g/mol. The van der Waals surface area contributed by atoms with Crippen molar-refractivity contribution in [3.05, 3.63) is 37.8 Å². The van der Waals surface area contributed by atoms with Gasteiger partial charge in [-0.1, -0.05) is 11.6 Å². The van der Waals surface area contributed by atoms with Crippen molar-refractivity contribution in [3.63, 3.8) is 0 Å². The number of hydrogen-bond acceptors (Lipinski definition) is 3. The van der Waals surface area contributed by atoms with E-state index in [-0.39, 0.29) is 23.0 Å². The average molecular weight is 255 g/mol. The Balaban J connectivity index is 2.68. The molecule has 0 saturated carbocycles. The van der Waals surface area contributed by atoms with Gasteiger partial charge in [0.05, 0.1) is 0 Å². The van der Waals surface area contributed by atoms with Crippen LogP contribution in [0.3, 0.4) is 0 Å². The second-order valence-electron chi connectivity index (χ2n) is 3.88. The Morgan fingerprint density at radius 1 is 1.41 bits per heavy atom. The van der Waals surface area contributed by atoms with E-state index in [4.69, 9.17) is 11.6 Å². The number of allylic oxidation sites excluding steroid dienone is 2. The van der Waals surface area contributed by atoms with Gasteiger partial charge < -0.3 is 4.98 Å². The lowest BCUT2D eigenvalue weighted by atomic mass is 10.3. The second kappa shape index (κ2) is 4.21. The predicted octanol–water partition coefficient (Wildman–Crippen LogP) is 1.03. The first-order valence-electron chi connectivity index (χ1n) is 5.00. The van der Waals surface area contributed by atoms with Crippen LogP contribution in [0.4, 0.5) is 0 Å². The Bertz CT molecular complexity index is 703. The van der Waals surface area contributed by atoms with Crippen molar-refractivity contribution in [2.24, 2.45) is 0 Å². The molecule has 0 bridgehead atoms. The number of hydrogen-bond donors (Lipinski definition) is 2. The molecule has 17 heavy (non-hydrogen) atoms. The van der Waals surface area contributed by atoms with E-state index in [1.54, 1.807) is 6.08 Å². The lowest BCUT2D eigenvalue weighted by Crippen LogP contribution is -2.34. The standard InChI is InChI=1S/C10H11ClN4O2/c1-5(2)3-4-15-8(16)6-7(14-10(15)17)13-9(11)12-6/h3H,4H2,1-2H3,(H,12,13)(H,14,17). The van der Waals surface area contributed by atoms with Crippen LogP contribution in [0.15, 0.2) is 21.2 Å². The molecule has 0 aromatic carbocycles. The first kappa shape index (κ1) is 11.7. The van der Waals surface area contributed by atoms with Crippen LogP contribution in [0.25, 0.3) is 11.2 Å². The number of aromatic amines is 2. The Morgan fingerprint density at radius 3 is 2.76 bits per heavy atom. The highest BCUT2D eigenvalue weighted by atomic mass is 35.5. The largest absolute Gasteiger partial charge is 0.330 e. The summed E-state index contributed by atoms with van der Waals surface area (Å²) in [4.78, 5) is 32.5. The number of fused-ring (bicyclic) bond motifs is 1. The summed E-state index contributed by atoms with van der Waals surface area (Å²) in [5, 5.41) is 0.0766. The fourth-order valence-corrected chi connectivity index (χ4v) is 1.60. The third-order valence-corrected chi connectivity index (χ3v) is 2.47. The van der Waals surface area contributed by atoms with Crippen molar-refractivity contribution in [2.75, 3.05) is 0 Å². The summed E-state index contributed by atoms with van der Waals surface area (Å²) in [6, 6.07) is 0. The van der Waals surface area contributed by atoms with Gasteiger partial charge in [-0.15, -0.1) is 0 Å². The van der Waals surface area contributed by atoms with E-state index in [0.717, 1.165) is 10.1 Å². The number of nitrogens with one attached hydrogen (secondary N) is 2. The summed E-state index contributed by atoms with van der Waals surface area (Å²) in [6.07, 6.45) is 1.79. The Kier molecular flexibility index (Phi) is 2.89. The van der Waals surface area contributed by atoms with Crippen molar-refractivity contribution >= 4 is 22.8 Å². The van der Waals surface area contributed by atoms with Gasteiger partial charge in [-0.05, 0) is 25.4 Å². The normalized spacial score (nSPS) is 10.8. The Hall–Kier alpha value is -1.82. The fourth-order valence-electron chi connectivity index (χ4n) is 1.43. The van der Waals surface area contributed by atoms with Crippen LogP contribution < -0.4 is 11.2 Å². The van der Waals surface area contributed by atoms with Gasteiger partial charge in [0.1, 0.15) is 0 Å². The van der Waals surface area contributed by atoms with Crippen LogP contribution in [0, 0.1) is 0 Å². The zero-order valence-electron chi connectivity index (χ0n) is 9.37. The van der Waals surface area contributed by atoms with Crippen LogP contribution in [0.5, 0.6) is 0 Å². The van der Waals surface area contributed by atoms with Crippen LogP contribution >= 0.6 is 11.6 Å².